The van der Waals surface area contributed by atoms with E-state index in [1.807, 2.05) is 25.5 Å². The Hall–Kier alpha value is -2.71. The molecule has 5 rings (SSSR count). The Labute approximate surface area is 199 Å². The number of fused-ring (bicyclic) bond motifs is 1. The van der Waals surface area contributed by atoms with Gasteiger partial charge in [0.15, 0.2) is 11.5 Å². The van der Waals surface area contributed by atoms with Gasteiger partial charge in [0.1, 0.15) is 5.00 Å². The van der Waals surface area contributed by atoms with E-state index in [9.17, 15) is 0 Å². The average Bonchev–Trinajstić information content (AvgIpc) is 3.73. The van der Waals surface area contributed by atoms with Gasteiger partial charge in [-0.15, -0.1) is 0 Å². The predicted molar refractivity (Wildman–Crippen MR) is 136 cm³/mol. The Morgan fingerprint density at radius 1 is 1.33 bits per heavy atom. The number of anilines is 2. The third-order valence-corrected chi connectivity index (χ3v) is 7.00. The van der Waals surface area contributed by atoms with E-state index >= 15 is 0 Å². The highest BCUT2D eigenvalue weighted by Gasteiger charge is 2.27. The van der Waals surface area contributed by atoms with E-state index in [1.54, 1.807) is 0 Å². The smallest absolute Gasteiger partial charge is 0.180 e. The molecule has 2 saturated carbocycles. The molecule has 2 N–H and O–H groups in total. The number of nitrogens with zero attached hydrogens (tertiary/aromatic N) is 5. The minimum atomic E-state index is 0.535. The van der Waals surface area contributed by atoms with Gasteiger partial charge in [-0.1, -0.05) is 19.6 Å². The van der Waals surface area contributed by atoms with Gasteiger partial charge in [0.25, 0.3) is 0 Å². The lowest BCUT2D eigenvalue weighted by Gasteiger charge is -2.20. The van der Waals surface area contributed by atoms with Crippen LogP contribution in [0.2, 0.25) is 0 Å². The van der Waals surface area contributed by atoms with Crippen molar-refractivity contribution < 1.29 is 0 Å². The van der Waals surface area contributed by atoms with Crippen molar-refractivity contribution in [2.45, 2.75) is 51.5 Å². The molecule has 174 valence electrons. The fourth-order valence-electron chi connectivity index (χ4n) is 4.28. The lowest BCUT2D eigenvalue weighted by Crippen LogP contribution is -2.26. The number of aromatic nitrogens is 4. The van der Waals surface area contributed by atoms with E-state index in [-0.39, 0.29) is 0 Å². The second kappa shape index (κ2) is 9.65. The van der Waals surface area contributed by atoms with Crippen molar-refractivity contribution in [2.75, 3.05) is 25.5 Å². The Morgan fingerprint density at radius 2 is 2.18 bits per heavy atom. The van der Waals surface area contributed by atoms with Gasteiger partial charge in [-0.3, -0.25) is 9.30 Å². The monoisotopic (exact) mass is 463 g/mol. The van der Waals surface area contributed by atoms with Crippen molar-refractivity contribution in [3.05, 3.63) is 54.4 Å². The minimum Gasteiger partial charge on any atom is -0.393 e. The number of hydrogen-bond donors (Lipinski definition) is 2. The molecule has 0 aliphatic heterocycles. The van der Waals surface area contributed by atoms with E-state index in [1.165, 1.54) is 50.2 Å². The third-order valence-electron chi connectivity index (χ3n) is 6.26. The second-order valence-electron chi connectivity index (χ2n) is 9.20. The topological polar surface area (TPSA) is 70.4 Å². The Bertz CT molecular complexity index is 1150. The quantitative estimate of drug-likeness (QED) is 0.361. The maximum atomic E-state index is 4.96. The molecule has 0 radical (unpaired) electrons. The first-order valence-corrected chi connectivity index (χ1v) is 12.8. The van der Waals surface area contributed by atoms with Crippen LogP contribution in [0.15, 0.2) is 37.3 Å². The molecule has 3 heterocycles. The summed E-state index contributed by atoms with van der Waals surface area (Å²) >= 11 is 1.50. The van der Waals surface area contributed by atoms with Crippen LogP contribution in [-0.4, -0.2) is 43.8 Å². The van der Waals surface area contributed by atoms with E-state index < -0.39 is 0 Å². The summed E-state index contributed by atoms with van der Waals surface area (Å²) in [6.07, 6.45) is 14.1. The molecular formula is C25H33N7S. The Kier molecular flexibility index (Phi) is 6.46. The molecular weight excluding hydrogens is 430 g/mol. The zero-order valence-corrected chi connectivity index (χ0v) is 20.4. The number of hydrogen-bond acceptors (Lipinski definition) is 7. The van der Waals surface area contributed by atoms with Crippen molar-refractivity contribution in [3.8, 4) is 0 Å². The summed E-state index contributed by atoms with van der Waals surface area (Å²) in [5, 5.41) is 7.64. The number of nitrogens with one attached hydrogen (secondary N) is 2. The SMILES string of the molecule is C=C/C(=C\NC)c1cnc2c(Nc3cc(CN(CCC)CC4CC4)ns3)nc(C3CC3)cn12. The van der Waals surface area contributed by atoms with Crippen LogP contribution in [0, 0.1) is 5.92 Å². The highest BCUT2D eigenvalue weighted by atomic mass is 32.1. The summed E-state index contributed by atoms with van der Waals surface area (Å²) < 4.78 is 6.87. The highest BCUT2D eigenvalue weighted by molar-refractivity contribution is 7.10. The maximum Gasteiger partial charge on any atom is 0.180 e. The van der Waals surface area contributed by atoms with Gasteiger partial charge >= 0.3 is 0 Å². The molecule has 0 amide bonds. The molecule has 0 aromatic carbocycles. The van der Waals surface area contributed by atoms with E-state index in [2.05, 4.69) is 45.7 Å². The van der Waals surface area contributed by atoms with Gasteiger partial charge in [0.05, 0.1) is 23.3 Å². The molecule has 0 spiro atoms. The predicted octanol–water partition coefficient (Wildman–Crippen LogP) is 5.18. The normalized spacial score (nSPS) is 16.5. The summed E-state index contributed by atoms with van der Waals surface area (Å²) in [5.74, 6) is 2.22. The van der Waals surface area contributed by atoms with E-state index in [0.717, 1.165) is 58.1 Å². The number of rotatable bonds is 12. The highest BCUT2D eigenvalue weighted by Crippen LogP contribution is 2.40. The minimum absolute atomic E-state index is 0.535. The molecule has 7 nitrogen and oxygen atoms in total. The first kappa shape index (κ1) is 22.1. The van der Waals surface area contributed by atoms with Gasteiger partial charge in [-0.25, -0.2) is 9.97 Å². The van der Waals surface area contributed by atoms with Gasteiger partial charge < -0.3 is 10.6 Å². The summed E-state index contributed by atoms with van der Waals surface area (Å²) in [6.45, 7) is 9.46. The lowest BCUT2D eigenvalue weighted by atomic mass is 10.2. The summed E-state index contributed by atoms with van der Waals surface area (Å²) in [6, 6.07) is 2.17. The van der Waals surface area contributed by atoms with Crippen LogP contribution >= 0.6 is 11.5 Å². The van der Waals surface area contributed by atoms with Gasteiger partial charge in [-0.2, -0.15) is 4.37 Å². The molecule has 0 atom stereocenters. The zero-order chi connectivity index (χ0) is 22.8. The zero-order valence-electron chi connectivity index (χ0n) is 19.5. The van der Waals surface area contributed by atoms with Crippen LogP contribution in [0.5, 0.6) is 0 Å². The number of allylic oxidation sites excluding steroid dienone is 2. The molecule has 3 aromatic rings. The van der Waals surface area contributed by atoms with Crippen molar-refractivity contribution in [1.82, 2.24) is 29.0 Å². The molecule has 33 heavy (non-hydrogen) atoms. The number of imidazole rings is 1. The summed E-state index contributed by atoms with van der Waals surface area (Å²) in [5.41, 5.74) is 5.05. The fraction of sp³-hybridized carbons (Fsp3) is 0.480. The van der Waals surface area contributed by atoms with Crippen LogP contribution in [0.3, 0.4) is 0 Å². The van der Waals surface area contributed by atoms with Crippen molar-refractivity contribution in [3.63, 3.8) is 0 Å². The van der Waals surface area contributed by atoms with Crippen LogP contribution in [-0.2, 0) is 6.54 Å². The standard InChI is InChI=1S/C25H33N7S/c1-4-10-31(14-17-6-7-17)15-20-11-23(33-30-20)29-24-25-27-13-22(18(5-2)12-26-3)32(25)16-21(28-24)19-8-9-19/h5,11-13,16-17,19,26H,2,4,6-10,14-15H2,1,3H3,(H,28,29)/b18-12+. The van der Waals surface area contributed by atoms with Gasteiger partial charge in [0, 0.05) is 44.0 Å². The molecule has 0 unspecified atom stereocenters. The van der Waals surface area contributed by atoms with Crippen LogP contribution in [0.25, 0.3) is 11.2 Å². The first-order valence-electron chi connectivity index (χ1n) is 12.0. The largest absolute Gasteiger partial charge is 0.393 e. The molecule has 3 aromatic heterocycles. The van der Waals surface area contributed by atoms with Crippen molar-refractivity contribution in [1.29, 1.82) is 0 Å². The Balaban J connectivity index is 1.41. The molecule has 8 heteroatoms. The Morgan fingerprint density at radius 3 is 2.88 bits per heavy atom. The summed E-state index contributed by atoms with van der Waals surface area (Å²) in [7, 11) is 1.89. The van der Waals surface area contributed by atoms with Crippen molar-refractivity contribution >= 4 is 33.6 Å². The molecule has 0 saturated heterocycles. The molecule has 2 aliphatic carbocycles. The van der Waals surface area contributed by atoms with Crippen LogP contribution in [0.4, 0.5) is 10.8 Å². The maximum absolute atomic E-state index is 4.96. The molecule has 2 fully saturated rings. The first-order chi connectivity index (χ1) is 16.2. The molecule has 2 aliphatic rings. The van der Waals surface area contributed by atoms with Gasteiger partial charge in [-0.05, 0) is 62.2 Å². The fourth-order valence-corrected chi connectivity index (χ4v) is 4.94. The summed E-state index contributed by atoms with van der Waals surface area (Å²) in [4.78, 5) is 12.2. The average molecular weight is 464 g/mol. The van der Waals surface area contributed by atoms with Crippen molar-refractivity contribution in [2.24, 2.45) is 5.92 Å². The van der Waals surface area contributed by atoms with Crippen LogP contribution in [0.1, 0.15) is 62.0 Å². The molecule has 0 bridgehead atoms. The second-order valence-corrected chi connectivity index (χ2v) is 10.0. The van der Waals surface area contributed by atoms with Gasteiger partial charge in [0.2, 0.25) is 0 Å². The van der Waals surface area contributed by atoms with Crippen LogP contribution < -0.4 is 10.6 Å². The van der Waals surface area contributed by atoms with E-state index in [0.29, 0.717) is 5.92 Å². The third kappa shape index (κ3) is 5.12. The van der Waals surface area contributed by atoms with E-state index in [4.69, 9.17) is 14.3 Å². The lowest BCUT2D eigenvalue weighted by molar-refractivity contribution is 0.253.